The van der Waals surface area contributed by atoms with Gasteiger partial charge in [0.15, 0.2) is 0 Å². The fourth-order valence-electron chi connectivity index (χ4n) is 2.97. The van der Waals surface area contributed by atoms with Crippen molar-refractivity contribution in [1.82, 2.24) is 5.32 Å². The highest BCUT2D eigenvalue weighted by Crippen LogP contribution is 2.29. The Morgan fingerprint density at radius 3 is 2.57 bits per heavy atom. The summed E-state index contributed by atoms with van der Waals surface area (Å²) in [5.41, 5.74) is 0. The van der Waals surface area contributed by atoms with Crippen LogP contribution in [-0.4, -0.2) is 24.1 Å². The average Bonchev–Trinajstić information content (AvgIpc) is 2.85. The first kappa shape index (κ1) is 10.8. The summed E-state index contributed by atoms with van der Waals surface area (Å²) in [5.74, 6) is 0.998. The van der Waals surface area contributed by atoms with E-state index in [4.69, 9.17) is 0 Å². The van der Waals surface area contributed by atoms with Crippen molar-refractivity contribution in [1.29, 1.82) is 0 Å². The normalized spacial score (nSPS) is 34.1. The van der Waals surface area contributed by atoms with Crippen molar-refractivity contribution in [3.05, 3.63) is 0 Å². The Bertz CT molecular complexity index is 166. The van der Waals surface area contributed by atoms with Gasteiger partial charge in [-0.2, -0.15) is 11.8 Å². The third kappa shape index (κ3) is 2.66. The van der Waals surface area contributed by atoms with E-state index in [0.717, 1.165) is 17.2 Å². The molecule has 0 aromatic rings. The van der Waals surface area contributed by atoms with Crippen LogP contribution in [0, 0.1) is 5.92 Å². The molecule has 0 heterocycles. The molecule has 0 aromatic carbocycles. The number of hydrogen-bond acceptors (Lipinski definition) is 2. The monoisotopic (exact) mass is 213 g/mol. The second kappa shape index (κ2) is 5.41. The van der Waals surface area contributed by atoms with Gasteiger partial charge < -0.3 is 5.32 Å². The summed E-state index contributed by atoms with van der Waals surface area (Å²) in [6.07, 6.45) is 12.5. The maximum Gasteiger partial charge on any atom is 0.0198 e. The summed E-state index contributed by atoms with van der Waals surface area (Å²) in [7, 11) is 0. The molecule has 2 aliphatic rings. The molecular formula is C12H23NS. The molecule has 2 atom stereocenters. The van der Waals surface area contributed by atoms with Crippen LogP contribution in [0.5, 0.6) is 0 Å². The molecule has 82 valence electrons. The molecule has 0 aliphatic heterocycles. The highest BCUT2D eigenvalue weighted by Gasteiger charge is 2.26. The van der Waals surface area contributed by atoms with E-state index in [9.17, 15) is 0 Å². The molecule has 0 amide bonds. The Morgan fingerprint density at radius 2 is 1.86 bits per heavy atom. The van der Waals surface area contributed by atoms with E-state index in [2.05, 4.69) is 23.3 Å². The highest BCUT2D eigenvalue weighted by molar-refractivity contribution is 7.99. The van der Waals surface area contributed by atoms with E-state index < -0.39 is 0 Å². The smallest absolute Gasteiger partial charge is 0.0198 e. The van der Waals surface area contributed by atoms with Crippen LogP contribution in [0.1, 0.15) is 44.9 Å². The molecule has 14 heavy (non-hydrogen) atoms. The van der Waals surface area contributed by atoms with Gasteiger partial charge in [-0.1, -0.05) is 19.3 Å². The van der Waals surface area contributed by atoms with Crippen molar-refractivity contribution < 1.29 is 0 Å². The van der Waals surface area contributed by atoms with E-state index in [0.29, 0.717) is 0 Å². The third-order valence-corrected chi connectivity index (χ3v) is 5.07. The van der Waals surface area contributed by atoms with Gasteiger partial charge in [-0.3, -0.25) is 0 Å². The molecule has 2 rings (SSSR count). The number of nitrogens with one attached hydrogen (secondary N) is 1. The van der Waals surface area contributed by atoms with Crippen LogP contribution in [0.4, 0.5) is 0 Å². The lowest BCUT2D eigenvalue weighted by atomic mass is 10.1. The second-order valence-corrected chi connectivity index (χ2v) is 5.95. The highest BCUT2D eigenvalue weighted by atomic mass is 32.2. The minimum atomic E-state index is 0.825. The molecule has 0 spiro atoms. The molecule has 2 unspecified atom stereocenters. The van der Waals surface area contributed by atoms with Gasteiger partial charge >= 0.3 is 0 Å². The molecule has 0 bridgehead atoms. The summed E-state index contributed by atoms with van der Waals surface area (Å²) in [6.45, 7) is 1.29. The zero-order valence-electron chi connectivity index (χ0n) is 9.30. The summed E-state index contributed by atoms with van der Waals surface area (Å²) in [4.78, 5) is 0. The number of rotatable bonds is 4. The van der Waals surface area contributed by atoms with Gasteiger partial charge in [-0.15, -0.1) is 0 Å². The zero-order valence-corrected chi connectivity index (χ0v) is 10.1. The average molecular weight is 213 g/mol. The van der Waals surface area contributed by atoms with Crippen molar-refractivity contribution >= 4 is 11.8 Å². The number of hydrogen-bond donors (Lipinski definition) is 1. The third-order valence-electron chi connectivity index (χ3n) is 3.90. The molecule has 0 saturated heterocycles. The molecule has 1 N–H and O–H groups in total. The van der Waals surface area contributed by atoms with Crippen LogP contribution >= 0.6 is 11.8 Å². The Morgan fingerprint density at radius 1 is 1.07 bits per heavy atom. The Labute approximate surface area is 92.4 Å². The fourth-order valence-corrected chi connectivity index (χ4v) is 3.94. The maximum atomic E-state index is 3.80. The SMILES string of the molecule is CSC1CCCC1NCC1CCCC1. The minimum Gasteiger partial charge on any atom is -0.313 e. The zero-order chi connectivity index (χ0) is 9.80. The molecule has 2 aliphatic carbocycles. The van der Waals surface area contributed by atoms with Crippen molar-refractivity contribution in [2.75, 3.05) is 12.8 Å². The fraction of sp³-hybridized carbons (Fsp3) is 1.00. The van der Waals surface area contributed by atoms with E-state index in [-0.39, 0.29) is 0 Å². The van der Waals surface area contributed by atoms with Crippen LogP contribution in [-0.2, 0) is 0 Å². The van der Waals surface area contributed by atoms with Crippen molar-refractivity contribution in [3.8, 4) is 0 Å². The molecule has 2 saturated carbocycles. The van der Waals surface area contributed by atoms with Gasteiger partial charge in [-0.25, -0.2) is 0 Å². The Kier molecular flexibility index (Phi) is 4.18. The van der Waals surface area contributed by atoms with Gasteiger partial charge in [-0.05, 0) is 44.4 Å². The standard InChI is InChI=1S/C12H23NS/c1-14-12-8-4-7-11(12)13-9-10-5-2-3-6-10/h10-13H,2-9H2,1H3. The van der Waals surface area contributed by atoms with Crippen molar-refractivity contribution in [3.63, 3.8) is 0 Å². The first-order chi connectivity index (χ1) is 6.90. The first-order valence-corrected chi connectivity index (χ1v) is 7.45. The van der Waals surface area contributed by atoms with E-state index >= 15 is 0 Å². The predicted octanol–water partition coefficient (Wildman–Crippen LogP) is 3.05. The predicted molar refractivity (Wildman–Crippen MR) is 64.9 cm³/mol. The van der Waals surface area contributed by atoms with E-state index in [1.165, 1.54) is 51.5 Å². The summed E-state index contributed by atoms with van der Waals surface area (Å²) in [6, 6.07) is 0.825. The maximum absolute atomic E-state index is 3.80. The summed E-state index contributed by atoms with van der Waals surface area (Å²) in [5, 5.41) is 4.70. The van der Waals surface area contributed by atoms with Gasteiger partial charge in [0.25, 0.3) is 0 Å². The topological polar surface area (TPSA) is 12.0 Å². The van der Waals surface area contributed by atoms with Crippen LogP contribution in [0.3, 0.4) is 0 Å². The van der Waals surface area contributed by atoms with E-state index in [1.807, 2.05) is 0 Å². The molecule has 1 nitrogen and oxygen atoms in total. The van der Waals surface area contributed by atoms with Crippen molar-refractivity contribution in [2.45, 2.75) is 56.2 Å². The van der Waals surface area contributed by atoms with Gasteiger partial charge in [0, 0.05) is 11.3 Å². The molecule has 0 radical (unpaired) electrons. The van der Waals surface area contributed by atoms with Crippen LogP contribution in [0.25, 0.3) is 0 Å². The van der Waals surface area contributed by atoms with Gasteiger partial charge in [0.05, 0.1) is 0 Å². The Balaban J connectivity index is 1.68. The van der Waals surface area contributed by atoms with E-state index in [1.54, 1.807) is 0 Å². The second-order valence-electron chi connectivity index (χ2n) is 4.87. The molecule has 2 heteroatoms. The lowest BCUT2D eigenvalue weighted by Crippen LogP contribution is -2.36. The Hall–Kier alpha value is 0.310. The first-order valence-electron chi connectivity index (χ1n) is 6.16. The largest absolute Gasteiger partial charge is 0.313 e. The van der Waals surface area contributed by atoms with Gasteiger partial charge in [0.2, 0.25) is 0 Å². The lowest BCUT2D eigenvalue weighted by molar-refractivity contribution is 0.438. The van der Waals surface area contributed by atoms with Gasteiger partial charge in [0.1, 0.15) is 0 Å². The number of thioether (sulfide) groups is 1. The van der Waals surface area contributed by atoms with Crippen molar-refractivity contribution in [2.24, 2.45) is 5.92 Å². The quantitative estimate of drug-likeness (QED) is 0.770. The lowest BCUT2D eigenvalue weighted by Gasteiger charge is -2.21. The molecular weight excluding hydrogens is 190 g/mol. The van der Waals surface area contributed by atoms with Crippen LogP contribution in [0.15, 0.2) is 0 Å². The van der Waals surface area contributed by atoms with Crippen LogP contribution < -0.4 is 5.32 Å². The minimum absolute atomic E-state index is 0.825. The summed E-state index contributed by atoms with van der Waals surface area (Å²) >= 11 is 2.06. The van der Waals surface area contributed by atoms with Crippen LogP contribution in [0.2, 0.25) is 0 Å². The molecule has 2 fully saturated rings. The summed E-state index contributed by atoms with van der Waals surface area (Å²) < 4.78 is 0. The molecule has 0 aromatic heterocycles.